The van der Waals surface area contributed by atoms with Crippen molar-refractivity contribution < 1.29 is 0 Å². The lowest BCUT2D eigenvalue weighted by molar-refractivity contribution is 0.743. The number of nitrogens with one attached hydrogen (secondary N) is 1. The summed E-state index contributed by atoms with van der Waals surface area (Å²) in [5, 5.41) is 5.23. The van der Waals surface area contributed by atoms with E-state index in [2.05, 4.69) is 10.5 Å². The van der Waals surface area contributed by atoms with Crippen molar-refractivity contribution in [2.75, 3.05) is 19.1 Å². The van der Waals surface area contributed by atoms with E-state index in [0.717, 1.165) is 0 Å². The minimum atomic E-state index is 0.159. The van der Waals surface area contributed by atoms with E-state index in [1.54, 1.807) is 0 Å². The van der Waals surface area contributed by atoms with E-state index in [-0.39, 0.29) is 6.67 Å². The molecule has 0 unspecified atom stereocenters. The summed E-state index contributed by atoms with van der Waals surface area (Å²) < 4.78 is 0. The summed E-state index contributed by atoms with van der Waals surface area (Å²) in [6.45, 7) is 0.806. The Morgan fingerprint density at radius 3 is 2.86 bits per heavy atom. The van der Waals surface area contributed by atoms with Gasteiger partial charge in [-0.25, -0.2) is 0 Å². The Bertz CT molecular complexity index is 50.2. The van der Waals surface area contributed by atoms with Gasteiger partial charge < -0.3 is 0 Å². The third-order valence-corrected chi connectivity index (χ3v) is 0.637. The third-order valence-electron chi connectivity index (χ3n) is 0.448. The summed E-state index contributed by atoms with van der Waals surface area (Å²) in [7, 11) is 0. The summed E-state index contributed by atoms with van der Waals surface area (Å²) >= 11 is 5.23. The van der Waals surface area contributed by atoms with Gasteiger partial charge in [0, 0.05) is 12.4 Å². The van der Waals surface area contributed by atoms with Crippen molar-refractivity contribution in [3.63, 3.8) is 0 Å². The van der Waals surface area contributed by atoms with Gasteiger partial charge in [-0.05, 0) is 0 Å². The SMILES string of the molecule is O=NCNCCCl. The first kappa shape index (κ1) is 6.85. The Labute approximate surface area is 47.0 Å². The Morgan fingerprint density at radius 1 is 1.71 bits per heavy atom. The van der Waals surface area contributed by atoms with Crippen LogP contribution in [0, 0.1) is 4.91 Å². The molecule has 0 aliphatic carbocycles. The average Bonchev–Trinajstić information content (AvgIpc) is 1.69. The van der Waals surface area contributed by atoms with Crippen molar-refractivity contribution in [1.82, 2.24) is 5.32 Å². The first-order valence-electron chi connectivity index (χ1n) is 1.97. The van der Waals surface area contributed by atoms with E-state index >= 15 is 0 Å². The van der Waals surface area contributed by atoms with Crippen molar-refractivity contribution in [3.05, 3.63) is 4.91 Å². The van der Waals surface area contributed by atoms with Crippen LogP contribution in [0.1, 0.15) is 0 Å². The molecule has 0 aromatic rings. The lowest BCUT2D eigenvalue weighted by Gasteiger charge is -1.89. The molecule has 0 aromatic carbocycles. The number of nitrogens with zero attached hydrogens (tertiary/aromatic N) is 1. The van der Waals surface area contributed by atoms with Crippen molar-refractivity contribution in [2.45, 2.75) is 0 Å². The number of rotatable bonds is 4. The zero-order valence-corrected chi connectivity index (χ0v) is 4.61. The second-order valence-electron chi connectivity index (χ2n) is 0.976. The number of nitroso groups, excluding NO2 is 1. The zero-order chi connectivity index (χ0) is 5.54. The maximum absolute atomic E-state index is 9.32. The lowest BCUT2D eigenvalue weighted by Crippen LogP contribution is -2.15. The van der Waals surface area contributed by atoms with Crippen LogP contribution in [0.25, 0.3) is 0 Å². The third kappa shape index (κ3) is 5.85. The Hall–Kier alpha value is -0.150. The van der Waals surface area contributed by atoms with Crippen LogP contribution < -0.4 is 5.32 Å². The molecule has 0 aliphatic heterocycles. The maximum atomic E-state index is 9.32. The topological polar surface area (TPSA) is 41.5 Å². The van der Waals surface area contributed by atoms with Gasteiger partial charge in [0.1, 0.15) is 6.67 Å². The van der Waals surface area contributed by atoms with Crippen LogP contribution in [0.5, 0.6) is 0 Å². The van der Waals surface area contributed by atoms with Crippen molar-refractivity contribution in [3.8, 4) is 0 Å². The molecule has 7 heavy (non-hydrogen) atoms. The summed E-state index contributed by atoms with van der Waals surface area (Å²) in [5.74, 6) is 0.523. The molecular weight excluding hydrogens is 115 g/mol. The highest BCUT2D eigenvalue weighted by Crippen LogP contribution is 1.68. The smallest absolute Gasteiger partial charge is 0.131 e. The van der Waals surface area contributed by atoms with Gasteiger partial charge in [-0.1, -0.05) is 5.18 Å². The first-order chi connectivity index (χ1) is 3.41. The number of hydrogen-bond acceptors (Lipinski definition) is 3. The second kappa shape index (κ2) is 5.85. The van der Waals surface area contributed by atoms with Crippen LogP contribution in [0.15, 0.2) is 5.18 Å². The molecule has 0 saturated carbocycles. The molecule has 0 aromatic heterocycles. The van der Waals surface area contributed by atoms with Crippen molar-refractivity contribution >= 4 is 11.6 Å². The van der Waals surface area contributed by atoms with E-state index in [0.29, 0.717) is 12.4 Å². The van der Waals surface area contributed by atoms with Crippen LogP contribution in [0.2, 0.25) is 0 Å². The molecule has 3 nitrogen and oxygen atoms in total. The minimum absolute atomic E-state index is 0.159. The molecule has 0 aliphatic rings. The summed E-state index contributed by atoms with van der Waals surface area (Å²) in [4.78, 5) is 9.32. The van der Waals surface area contributed by atoms with Crippen molar-refractivity contribution in [2.24, 2.45) is 5.18 Å². The van der Waals surface area contributed by atoms with E-state index < -0.39 is 0 Å². The molecule has 0 atom stereocenters. The number of alkyl halides is 1. The highest BCUT2D eigenvalue weighted by atomic mass is 35.5. The van der Waals surface area contributed by atoms with Gasteiger partial charge in [0.05, 0.1) is 0 Å². The summed E-state index contributed by atoms with van der Waals surface area (Å²) in [5.41, 5.74) is 0. The fourth-order valence-corrected chi connectivity index (χ4v) is 0.325. The van der Waals surface area contributed by atoms with Gasteiger partial charge in [-0.15, -0.1) is 16.5 Å². The lowest BCUT2D eigenvalue weighted by atomic mass is 10.7. The van der Waals surface area contributed by atoms with Crippen LogP contribution in [-0.4, -0.2) is 19.1 Å². The fourth-order valence-electron chi connectivity index (χ4n) is 0.192. The quantitative estimate of drug-likeness (QED) is 0.336. The van der Waals surface area contributed by atoms with Crippen LogP contribution in [0.4, 0.5) is 0 Å². The molecule has 1 N–H and O–H groups in total. The normalized spacial score (nSPS) is 8.71. The van der Waals surface area contributed by atoms with Crippen molar-refractivity contribution in [1.29, 1.82) is 0 Å². The molecular formula is C3H7ClN2O. The Kier molecular flexibility index (Phi) is 5.72. The Morgan fingerprint density at radius 2 is 2.43 bits per heavy atom. The molecule has 0 saturated heterocycles. The maximum Gasteiger partial charge on any atom is 0.131 e. The van der Waals surface area contributed by atoms with Crippen LogP contribution in [-0.2, 0) is 0 Å². The monoisotopic (exact) mass is 122 g/mol. The van der Waals surface area contributed by atoms with Crippen LogP contribution in [0.3, 0.4) is 0 Å². The van der Waals surface area contributed by atoms with Gasteiger partial charge in [-0.2, -0.15) is 0 Å². The molecule has 0 heterocycles. The van der Waals surface area contributed by atoms with E-state index in [1.807, 2.05) is 0 Å². The molecule has 0 radical (unpaired) electrons. The van der Waals surface area contributed by atoms with Gasteiger partial charge in [0.25, 0.3) is 0 Å². The molecule has 0 bridgehead atoms. The zero-order valence-electron chi connectivity index (χ0n) is 3.85. The number of halogens is 1. The molecule has 0 rings (SSSR count). The van der Waals surface area contributed by atoms with Crippen LogP contribution >= 0.6 is 11.6 Å². The van der Waals surface area contributed by atoms with E-state index in [4.69, 9.17) is 11.6 Å². The highest BCUT2D eigenvalue weighted by Gasteiger charge is 1.78. The molecule has 0 fully saturated rings. The molecule has 42 valence electrons. The summed E-state index contributed by atoms with van der Waals surface area (Å²) in [6, 6.07) is 0. The second-order valence-corrected chi connectivity index (χ2v) is 1.35. The fraction of sp³-hybridized carbons (Fsp3) is 1.00. The number of hydrogen-bond donors (Lipinski definition) is 1. The van der Waals surface area contributed by atoms with E-state index in [1.165, 1.54) is 0 Å². The van der Waals surface area contributed by atoms with Gasteiger partial charge in [0.15, 0.2) is 0 Å². The van der Waals surface area contributed by atoms with Gasteiger partial charge in [0.2, 0.25) is 0 Å². The highest BCUT2D eigenvalue weighted by molar-refractivity contribution is 6.18. The summed E-state index contributed by atoms with van der Waals surface area (Å²) in [6.07, 6.45) is 0. The molecule has 0 spiro atoms. The van der Waals surface area contributed by atoms with Gasteiger partial charge >= 0.3 is 0 Å². The first-order valence-corrected chi connectivity index (χ1v) is 2.51. The van der Waals surface area contributed by atoms with E-state index in [9.17, 15) is 4.91 Å². The average molecular weight is 123 g/mol. The molecule has 0 amide bonds. The Balaban J connectivity index is 2.56. The standard InChI is InChI=1S/C3H7ClN2O/c4-1-2-5-3-6-7/h5H,1-3H2. The predicted molar refractivity (Wildman–Crippen MR) is 29.4 cm³/mol. The molecule has 4 heteroatoms. The minimum Gasteiger partial charge on any atom is -0.294 e. The predicted octanol–water partition coefficient (Wildman–Crippen LogP) is 0.539. The van der Waals surface area contributed by atoms with Gasteiger partial charge in [-0.3, -0.25) is 5.32 Å². The largest absolute Gasteiger partial charge is 0.294 e.